The number of amides is 1. The SMILES string of the molecule is COc1ccc(S(=O)(=O)N(CC(=O)Nc2ccc(I)cc2)c2ccc(Cl)cc2)cc1OC. The van der Waals surface area contributed by atoms with Crippen LogP contribution in [0.15, 0.2) is 71.6 Å². The molecule has 0 aliphatic heterocycles. The third-order valence-corrected chi connectivity index (χ3v) is 7.21. The van der Waals surface area contributed by atoms with E-state index in [1.165, 1.54) is 32.4 Å². The first-order valence-corrected chi connectivity index (χ1v) is 12.2. The summed E-state index contributed by atoms with van der Waals surface area (Å²) in [6.07, 6.45) is 0. The van der Waals surface area contributed by atoms with Crippen LogP contribution in [0.2, 0.25) is 5.02 Å². The number of nitrogens with one attached hydrogen (secondary N) is 1. The van der Waals surface area contributed by atoms with Crippen molar-refractivity contribution < 1.29 is 22.7 Å². The van der Waals surface area contributed by atoms with Crippen molar-refractivity contribution in [2.75, 3.05) is 30.4 Å². The molecule has 0 spiro atoms. The molecule has 0 atom stereocenters. The van der Waals surface area contributed by atoms with Gasteiger partial charge in [0, 0.05) is 20.3 Å². The summed E-state index contributed by atoms with van der Waals surface area (Å²) in [4.78, 5) is 12.7. The van der Waals surface area contributed by atoms with Crippen LogP contribution in [-0.2, 0) is 14.8 Å². The smallest absolute Gasteiger partial charge is 0.264 e. The number of rotatable bonds is 8. The Morgan fingerprint density at radius 3 is 2.19 bits per heavy atom. The van der Waals surface area contributed by atoms with Crippen molar-refractivity contribution in [1.82, 2.24) is 0 Å². The minimum Gasteiger partial charge on any atom is -0.493 e. The summed E-state index contributed by atoms with van der Waals surface area (Å²) in [5.41, 5.74) is 0.858. The number of halogens is 2. The van der Waals surface area contributed by atoms with E-state index in [-0.39, 0.29) is 10.6 Å². The van der Waals surface area contributed by atoms with Gasteiger partial charge in [-0.15, -0.1) is 0 Å². The Hall–Kier alpha value is -2.50. The van der Waals surface area contributed by atoms with Gasteiger partial charge in [-0.1, -0.05) is 11.6 Å². The van der Waals surface area contributed by atoms with E-state index >= 15 is 0 Å². The first-order chi connectivity index (χ1) is 15.2. The van der Waals surface area contributed by atoms with Crippen LogP contribution in [0.5, 0.6) is 11.5 Å². The van der Waals surface area contributed by atoms with E-state index in [0.29, 0.717) is 22.1 Å². The highest BCUT2D eigenvalue weighted by Crippen LogP contribution is 2.32. The lowest BCUT2D eigenvalue weighted by molar-refractivity contribution is -0.114. The van der Waals surface area contributed by atoms with Crippen LogP contribution >= 0.6 is 34.2 Å². The molecule has 3 rings (SSSR count). The molecular formula is C22H20ClIN2O5S. The Morgan fingerprint density at radius 1 is 0.969 bits per heavy atom. The monoisotopic (exact) mass is 586 g/mol. The van der Waals surface area contributed by atoms with Gasteiger partial charge in [-0.2, -0.15) is 0 Å². The number of nitrogens with zero attached hydrogens (tertiary/aromatic N) is 1. The fourth-order valence-electron chi connectivity index (χ4n) is 2.89. The average molecular weight is 587 g/mol. The number of methoxy groups -OCH3 is 2. The van der Waals surface area contributed by atoms with E-state index in [0.717, 1.165) is 7.88 Å². The summed E-state index contributed by atoms with van der Waals surface area (Å²) in [5.74, 6) is 0.152. The van der Waals surface area contributed by atoms with E-state index in [1.807, 2.05) is 12.1 Å². The lowest BCUT2D eigenvalue weighted by Crippen LogP contribution is -2.38. The normalized spacial score (nSPS) is 11.0. The van der Waals surface area contributed by atoms with Gasteiger partial charge in [-0.25, -0.2) is 8.42 Å². The van der Waals surface area contributed by atoms with Crippen LogP contribution < -0.4 is 19.1 Å². The van der Waals surface area contributed by atoms with Gasteiger partial charge in [0.1, 0.15) is 6.54 Å². The van der Waals surface area contributed by atoms with Crippen molar-refractivity contribution in [2.45, 2.75) is 4.90 Å². The molecule has 0 aliphatic carbocycles. The van der Waals surface area contributed by atoms with Crippen LogP contribution in [0.25, 0.3) is 0 Å². The third-order valence-electron chi connectivity index (χ3n) is 4.47. The number of sulfonamides is 1. The minimum atomic E-state index is -4.13. The molecule has 1 amide bonds. The Kier molecular flexibility index (Phi) is 7.86. The number of ether oxygens (including phenoxy) is 2. The molecule has 0 heterocycles. The first kappa shape index (κ1) is 24.1. The molecule has 168 valence electrons. The molecule has 3 aromatic carbocycles. The molecular weight excluding hydrogens is 567 g/mol. The molecule has 3 aromatic rings. The fourth-order valence-corrected chi connectivity index (χ4v) is 4.81. The first-order valence-electron chi connectivity index (χ1n) is 9.30. The minimum absolute atomic E-state index is 0.0489. The second-order valence-corrected chi connectivity index (χ2v) is 10.1. The number of benzene rings is 3. The maximum absolute atomic E-state index is 13.5. The maximum Gasteiger partial charge on any atom is 0.264 e. The lowest BCUT2D eigenvalue weighted by atomic mass is 10.3. The zero-order chi connectivity index (χ0) is 23.3. The summed E-state index contributed by atoms with van der Waals surface area (Å²) in [5, 5.41) is 3.17. The molecule has 0 unspecified atom stereocenters. The van der Waals surface area contributed by atoms with Crippen molar-refractivity contribution in [3.63, 3.8) is 0 Å². The summed E-state index contributed by atoms with van der Waals surface area (Å²) < 4.78 is 39.5. The molecule has 0 aromatic heterocycles. The molecule has 1 N–H and O–H groups in total. The van der Waals surface area contributed by atoms with Gasteiger partial charge in [0.25, 0.3) is 10.0 Å². The van der Waals surface area contributed by atoms with Gasteiger partial charge >= 0.3 is 0 Å². The Labute approximate surface area is 205 Å². The Morgan fingerprint density at radius 2 is 1.59 bits per heavy atom. The molecule has 0 saturated carbocycles. The van der Waals surface area contributed by atoms with Gasteiger partial charge in [-0.3, -0.25) is 9.10 Å². The molecule has 0 fully saturated rings. The average Bonchev–Trinajstić information content (AvgIpc) is 2.79. The predicted molar refractivity (Wildman–Crippen MR) is 133 cm³/mol. The molecule has 0 aliphatic rings. The molecule has 10 heteroatoms. The highest BCUT2D eigenvalue weighted by molar-refractivity contribution is 14.1. The molecule has 0 bridgehead atoms. The maximum atomic E-state index is 13.5. The number of anilines is 2. The number of hydrogen-bond donors (Lipinski definition) is 1. The Balaban J connectivity index is 1.97. The molecule has 7 nitrogen and oxygen atoms in total. The Bertz CT molecular complexity index is 1200. The van der Waals surface area contributed by atoms with Crippen LogP contribution in [0, 0.1) is 3.57 Å². The topological polar surface area (TPSA) is 84.9 Å². The van der Waals surface area contributed by atoms with Crippen molar-refractivity contribution in [1.29, 1.82) is 0 Å². The zero-order valence-electron chi connectivity index (χ0n) is 17.2. The van der Waals surface area contributed by atoms with Gasteiger partial charge < -0.3 is 14.8 Å². The van der Waals surface area contributed by atoms with Crippen LogP contribution in [-0.4, -0.2) is 35.1 Å². The molecule has 32 heavy (non-hydrogen) atoms. The molecule has 0 saturated heterocycles. The van der Waals surface area contributed by atoms with Gasteiger partial charge in [-0.05, 0) is 83.3 Å². The summed E-state index contributed by atoms with van der Waals surface area (Å²) >= 11 is 8.13. The van der Waals surface area contributed by atoms with Crippen molar-refractivity contribution >= 4 is 61.5 Å². The predicted octanol–water partition coefficient (Wildman–Crippen LogP) is 4.80. The summed E-state index contributed by atoms with van der Waals surface area (Å²) in [7, 11) is -1.25. The van der Waals surface area contributed by atoms with Gasteiger partial charge in [0.15, 0.2) is 11.5 Å². The van der Waals surface area contributed by atoms with E-state index < -0.39 is 22.5 Å². The number of hydrogen-bond acceptors (Lipinski definition) is 5. The fraction of sp³-hybridized carbons (Fsp3) is 0.136. The lowest BCUT2D eigenvalue weighted by Gasteiger charge is -2.24. The quantitative estimate of drug-likeness (QED) is 0.384. The van der Waals surface area contributed by atoms with Gasteiger partial charge in [0.05, 0.1) is 24.8 Å². The van der Waals surface area contributed by atoms with Crippen molar-refractivity contribution in [3.8, 4) is 11.5 Å². The van der Waals surface area contributed by atoms with Crippen molar-refractivity contribution in [2.24, 2.45) is 0 Å². The standard InChI is InChI=1S/C22H20ClIN2O5S/c1-30-20-12-11-19(13-21(20)31-2)32(28,29)26(18-9-3-15(23)4-10-18)14-22(27)25-17-7-5-16(24)6-8-17/h3-13H,14H2,1-2H3,(H,25,27). The zero-order valence-corrected chi connectivity index (χ0v) is 20.9. The van der Waals surface area contributed by atoms with Crippen LogP contribution in [0.1, 0.15) is 0 Å². The number of carbonyl (C=O) groups excluding carboxylic acids is 1. The van der Waals surface area contributed by atoms with E-state index in [4.69, 9.17) is 21.1 Å². The summed E-state index contributed by atoms with van der Waals surface area (Å²) in [6, 6.07) is 17.6. The highest BCUT2D eigenvalue weighted by atomic mass is 127. The second kappa shape index (κ2) is 10.4. The van der Waals surface area contributed by atoms with E-state index in [1.54, 1.807) is 36.4 Å². The van der Waals surface area contributed by atoms with Gasteiger partial charge in [0.2, 0.25) is 5.91 Å². The largest absolute Gasteiger partial charge is 0.493 e. The second-order valence-electron chi connectivity index (χ2n) is 6.56. The molecule has 0 radical (unpaired) electrons. The highest BCUT2D eigenvalue weighted by Gasteiger charge is 2.28. The van der Waals surface area contributed by atoms with E-state index in [9.17, 15) is 13.2 Å². The van der Waals surface area contributed by atoms with Crippen molar-refractivity contribution in [3.05, 3.63) is 75.3 Å². The van der Waals surface area contributed by atoms with E-state index in [2.05, 4.69) is 27.9 Å². The third kappa shape index (κ3) is 5.64. The summed E-state index contributed by atoms with van der Waals surface area (Å²) in [6.45, 7) is -0.440. The number of carbonyl (C=O) groups is 1. The van der Waals surface area contributed by atoms with Crippen LogP contribution in [0.3, 0.4) is 0 Å². The van der Waals surface area contributed by atoms with Crippen LogP contribution in [0.4, 0.5) is 11.4 Å².